The molecule has 1 unspecified atom stereocenters. The third-order valence-corrected chi connectivity index (χ3v) is 2.74. The molecule has 0 amide bonds. The van der Waals surface area contributed by atoms with Crippen molar-refractivity contribution in [3.05, 3.63) is 29.3 Å². The zero-order valence-corrected chi connectivity index (χ0v) is 11.2. The van der Waals surface area contributed by atoms with E-state index in [0.29, 0.717) is 11.6 Å². The number of hydrogen-bond donors (Lipinski definition) is 1. The van der Waals surface area contributed by atoms with E-state index in [9.17, 15) is 0 Å². The van der Waals surface area contributed by atoms with Gasteiger partial charge in [0.15, 0.2) is 0 Å². The summed E-state index contributed by atoms with van der Waals surface area (Å²) in [6, 6.07) is 7.35. The van der Waals surface area contributed by atoms with E-state index >= 15 is 0 Å². The van der Waals surface area contributed by atoms with Crippen LogP contribution < -0.4 is 4.74 Å². The SMILES string of the molecule is CC(O)CCN(C)CCOc1ccc(Cl)cc1. The van der Waals surface area contributed by atoms with Crippen LogP contribution in [0.4, 0.5) is 0 Å². The molecule has 0 heterocycles. The number of ether oxygens (including phenoxy) is 1. The molecule has 1 rings (SSSR count). The van der Waals surface area contributed by atoms with Gasteiger partial charge in [0.1, 0.15) is 12.4 Å². The lowest BCUT2D eigenvalue weighted by molar-refractivity contribution is 0.157. The van der Waals surface area contributed by atoms with Gasteiger partial charge in [-0.1, -0.05) is 11.6 Å². The molecule has 1 aromatic rings. The number of rotatable bonds is 7. The fraction of sp³-hybridized carbons (Fsp3) is 0.538. The molecule has 0 aromatic heterocycles. The predicted octanol–water partition coefficient (Wildman–Crippen LogP) is 2.42. The second-order valence-corrected chi connectivity index (χ2v) is 4.68. The van der Waals surface area contributed by atoms with Crippen molar-refractivity contribution in [1.82, 2.24) is 4.90 Å². The Labute approximate surface area is 108 Å². The summed E-state index contributed by atoms with van der Waals surface area (Å²) in [7, 11) is 2.02. The van der Waals surface area contributed by atoms with Gasteiger partial charge < -0.3 is 14.7 Å². The van der Waals surface area contributed by atoms with Crippen LogP contribution in [0, 0.1) is 0 Å². The molecule has 0 saturated heterocycles. The van der Waals surface area contributed by atoms with Crippen LogP contribution in [-0.4, -0.2) is 42.9 Å². The molecule has 96 valence electrons. The maximum absolute atomic E-state index is 9.16. The minimum Gasteiger partial charge on any atom is -0.492 e. The third kappa shape index (κ3) is 6.51. The van der Waals surface area contributed by atoms with Gasteiger partial charge in [-0.05, 0) is 44.7 Å². The van der Waals surface area contributed by atoms with E-state index in [0.717, 1.165) is 25.3 Å². The van der Waals surface area contributed by atoms with Crippen LogP contribution in [0.1, 0.15) is 13.3 Å². The Bertz CT molecular complexity index is 314. The third-order valence-electron chi connectivity index (χ3n) is 2.48. The topological polar surface area (TPSA) is 32.7 Å². The number of aliphatic hydroxyl groups excluding tert-OH is 1. The summed E-state index contributed by atoms with van der Waals surface area (Å²) < 4.78 is 5.58. The highest BCUT2D eigenvalue weighted by atomic mass is 35.5. The van der Waals surface area contributed by atoms with E-state index in [2.05, 4.69) is 4.90 Å². The first-order valence-corrected chi connectivity index (χ1v) is 6.20. The molecule has 3 nitrogen and oxygen atoms in total. The maximum Gasteiger partial charge on any atom is 0.119 e. The fourth-order valence-corrected chi connectivity index (χ4v) is 1.50. The Kier molecular flexibility index (Phi) is 6.34. The van der Waals surface area contributed by atoms with E-state index in [1.54, 1.807) is 6.92 Å². The summed E-state index contributed by atoms with van der Waals surface area (Å²) >= 11 is 5.78. The molecule has 1 aromatic carbocycles. The van der Waals surface area contributed by atoms with Gasteiger partial charge >= 0.3 is 0 Å². The Morgan fingerprint density at radius 1 is 1.29 bits per heavy atom. The van der Waals surface area contributed by atoms with Crippen molar-refractivity contribution >= 4 is 11.6 Å². The summed E-state index contributed by atoms with van der Waals surface area (Å²) in [5.41, 5.74) is 0. The molecule has 0 bridgehead atoms. The van der Waals surface area contributed by atoms with E-state index in [4.69, 9.17) is 21.4 Å². The molecule has 0 fully saturated rings. The van der Waals surface area contributed by atoms with Gasteiger partial charge in [0.05, 0.1) is 6.10 Å². The number of hydrogen-bond acceptors (Lipinski definition) is 3. The average molecular weight is 258 g/mol. The highest BCUT2D eigenvalue weighted by Crippen LogP contribution is 2.15. The molecule has 0 aliphatic rings. The Balaban J connectivity index is 2.16. The summed E-state index contributed by atoms with van der Waals surface area (Å²) in [4.78, 5) is 2.14. The largest absolute Gasteiger partial charge is 0.492 e. The Morgan fingerprint density at radius 3 is 2.53 bits per heavy atom. The minimum absolute atomic E-state index is 0.241. The van der Waals surface area contributed by atoms with Gasteiger partial charge in [-0.3, -0.25) is 0 Å². The summed E-state index contributed by atoms with van der Waals surface area (Å²) in [6.45, 7) is 4.16. The summed E-state index contributed by atoms with van der Waals surface area (Å²) in [5, 5.41) is 9.87. The summed E-state index contributed by atoms with van der Waals surface area (Å²) in [6.07, 6.45) is 0.548. The highest BCUT2D eigenvalue weighted by Gasteiger charge is 2.01. The van der Waals surface area contributed by atoms with Crippen molar-refractivity contribution in [3.8, 4) is 5.75 Å². The van der Waals surface area contributed by atoms with Crippen molar-refractivity contribution < 1.29 is 9.84 Å². The van der Waals surface area contributed by atoms with Crippen molar-refractivity contribution in [1.29, 1.82) is 0 Å². The van der Waals surface area contributed by atoms with Crippen LogP contribution in [0.5, 0.6) is 5.75 Å². The molecule has 0 radical (unpaired) electrons. The molecular weight excluding hydrogens is 238 g/mol. The van der Waals surface area contributed by atoms with Gasteiger partial charge in [-0.15, -0.1) is 0 Å². The molecule has 4 heteroatoms. The molecule has 0 aliphatic heterocycles. The van der Waals surface area contributed by atoms with Gasteiger partial charge in [0.25, 0.3) is 0 Å². The standard InChI is InChI=1S/C13H20ClNO2/c1-11(16)7-8-15(2)9-10-17-13-5-3-12(14)4-6-13/h3-6,11,16H,7-10H2,1-2H3. The van der Waals surface area contributed by atoms with Crippen LogP contribution in [-0.2, 0) is 0 Å². The molecule has 17 heavy (non-hydrogen) atoms. The first-order chi connectivity index (χ1) is 8.08. The summed E-state index contributed by atoms with van der Waals surface area (Å²) in [5.74, 6) is 0.832. The lowest BCUT2D eigenvalue weighted by Crippen LogP contribution is -2.27. The van der Waals surface area contributed by atoms with E-state index in [-0.39, 0.29) is 6.10 Å². The van der Waals surface area contributed by atoms with Crippen LogP contribution in [0.15, 0.2) is 24.3 Å². The number of halogens is 1. The zero-order valence-electron chi connectivity index (χ0n) is 10.4. The first-order valence-electron chi connectivity index (χ1n) is 5.83. The second-order valence-electron chi connectivity index (χ2n) is 4.24. The van der Waals surface area contributed by atoms with Gasteiger partial charge in [0.2, 0.25) is 0 Å². The number of aliphatic hydroxyl groups is 1. The second kappa shape index (κ2) is 7.54. The van der Waals surface area contributed by atoms with Crippen LogP contribution in [0.25, 0.3) is 0 Å². The maximum atomic E-state index is 9.16. The first kappa shape index (κ1) is 14.3. The minimum atomic E-state index is -0.241. The van der Waals surface area contributed by atoms with Crippen LogP contribution in [0.2, 0.25) is 5.02 Å². The average Bonchev–Trinajstić information content (AvgIpc) is 2.29. The number of nitrogens with zero attached hydrogens (tertiary/aromatic N) is 1. The molecule has 0 aliphatic carbocycles. The normalized spacial score (nSPS) is 12.8. The predicted molar refractivity (Wildman–Crippen MR) is 70.7 cm³/mol. The van der Waals surface area contributed by atoms with Crippen molar-refractivity contribution in [2.75, 3.05) is 26.7 Å². The lowest BCUT2D eigenvalue weighted by atomic mass is 10.3. The monoisotopic (exact) mass is 257 g/mol. The van der Waals surface area contributed by atoms with Crippen LogP contribution in [0.3, 0.4) is 0 Å². The van der Waals surface area contributed by atoms with E-state index in [1.165, 1.54) is 0 Å². The van der Waals surface area contributed by atoms with E-state index < -0.39 is 0 Å². The fourth-order valence-electron chi connectivity index (χ4n) is 1.37. The number of likely N-dealkylation sites (N-methyl/N-ethyl adjacent to an activating group) is 1. The molecule has 1 atom stereocenters. The molecule has 1 N–H and O–H groups in total. The molecular formula is C13H20ClNO2. The van der Waals surface area contributed by atoms with E-state index in [1.807, 2.05) is 31.3 Å². The lowest BCUT2D eigenvalue weighted by Gasteiger charge is -2.17. The quantitative estimate of drug-likeness (QED) is 0.814. The molecule has 0 saturated carbocycles. The highest BCUT2D eigenvalue weighted by molar-refractivity contribution is 6.30. The number of benzene rings is 1. The Hall–Kier alpha value is -0.770. The smallest absolute Gasteiger partial charge is 0.119 e. The van der Waals surface area contributed by atoms with Gasteiger partial charge in [0, 0.05) is 18.1 Å². The van der Waals surface area contributed by atoms with Crippen LogP contribution >= 0.6 is 11.6 Å². The molecule has 0 spiro atoms. The van der Waals surface area contributed by atoms with Gasteiger partial charge in [-0.25, -0.2) is 0 Å². The Morgan fingerprint density at radius 2 is 1.94 bits per heavy atom. The van der Waals surface area contributed by atoms with Crippen molar-refractivity contribution in [3.63, 3.8) is 0 Å². The zero-order chi connectivity index (χ0) is 12.7. The van der Waals surface area contributed by atoms with Crippen molar-refractivity contribution in [2.45, 2.75) is 19.4 Å². The van der Waals surface area contributed by atoms with Gasteiger partial charge in [-0.2, -0.15) is 0 Å². The van der Waals surface area contributed by atoms with Crippen molar-refractivity contribution in [2.24, 2.45) is 0 Å².